The number of hydrogen-bond acceptors (Lipinski definition) is 4. The molecule has 20 heavy (non-hydrogen) atoms. The summed E-state index contributed by atoms with van der Waals surface area (Å²) in [4.78, 5) is 15.7. The first-order chi connectivity index (χ1) is 9.67. The largest absolute Gasteiger partial charge is 0.493 e. The van der Waals surface area contributed by atoms with E-state index in [0.717, 1.165) is 0 Å². The Morgan fingerprint density at radius 1 is 1.15 bits per heavy atom. The molecule has 1 aromatic heterocycles. The molecule has 1 aromatic carbocycles. The highest BCUT2D eigenvalue weighted by molar-refractivity contribution is 5.80. The lowest BCUT2D eigenvalue weighted by Gasteiger charge is -2.15. The van der Waals surface area contributed by atoms with Gasteiger partial charge in [-0.05, 0) is 29.8 Å². The van der Waals surface area contributed by atoms with Crippen LogP contribution < -0.4 is 9.47 Å². The number of ether oxygens (including phenoxy) is 2. The smallest absolute Gasteiger partial charge is 0.317 e. The van der Waals surface area contributed by atoms with Crippen molar-refractivity contribution in [1.29, 1.82) is 0 Å². The van der Waals surface area contributed by atoms with Crippen LogP contribution in [0.25, 0.3) is 0 Å². The van der Waals surface area contributed by atoms with Crippen molar-refractivity contribution in [2.75, 3.05) is 14.2 Å². The van der Waals surface area contributed by atoms with Crippen LogP contribution in [0.1, 0.15) is 17.2 Å². The van der Waals surface area contributed by atoms with Crippen molar-refractivity contribution in [3.63, 3.8) is 0 Å². The van der Waals surface area contributed by atoms with Gasteiger partial charge in [0.2, 0.25) is 0 Å². The van der Waals surface area contributed by atoms with Gasteiger partial charge in [0.15, 0.2) is 11.5 Å². The summed E-state index contributed by atoms with van der Waals surface area (Å²) in [5, 5.41) is 9.46. The molecule has 0 amide bonds. The van der Waals surface area contributed by atoms with E-state index in [9.17, 15) is 9.90 Å². The van der Waals surface area contributed by atoms with Gasteiger partial charge < -0.3 is 14.6 Å². The zero-order valence-corrected chi connectivity index (χ0v) is 11.2. The minimum atomic E-state index is -0.962. The van der Waals surface area contributed by atoms with Crippen molar-refractivity contribution in [1.82, 2.24) is 4.98 Å². The molecule has 0 radical (unpaired) electrons. The van der Waals surface area contributed by atoms with Crippen LogP contribution in [0.2, 0.25) is 0 Å². The Hall–Kier alpha value is -2.56. The number of carboxylic acids is 1. The molecule has 0 fully saturated rings. The summed E-state index contributed by atoms with van der Waals surface area (Å²) in [6.45, 7) is 0. The number of aromatic nitrogens is 1. The van der Waals surface area contributed by atoms with Crippen LogP contribution in [-0.4, -0.2) is 30.3 Å². The number of hydrogen-bond donors (Lipinski definition) is 1. The van der Waals surface area contributed by atoms with E-state index in [1.165, 1.54) is 14.2 Å². The number of carboxylic acid groups (broad SMARTS) is 1. The standard InChI is InChI=1S/C15H15NO4/c1-19-12-7-6-10(9-13(12)20-2)14(15(17)18)11-5-3-4-8-16-11/h3-9,14H,1-2H3,(H,17,18). The number of nitrogens with zero attached hydrogens (tertiary/aromatic N) is 1. The molecule has 0 aliphatic rings. The lowest BCUT2D eigenvalue weighted by atomic mass is 9.95. The lowest BCUT2D eigenvalue weighted by molar-refractivity contribution is -0.137. The van der Waals surface area contributed by atoms with Crippen molar-refractivity contribution >= 4 is 5.97 Å². The molecule has 0 saturated heterocycles. The molecule has 0 saturated carbocycles. The third-order valence-electron chi connectivity index (χ3n) is 2.97. The van der Waals surface area contributed by atoms with Gasteiger partial charge in [-0.2, -0.15) is 0 Å². The molecule has 2 rings (SSSR count). The van der Waals surface area contributed by atoms with Gasteiger partial charge in [0, 0.05) is 6.20 Å². The number of methoxy groups -OCH3 is 2. The molecular formula is C15H15NO4. The van der Waals surface area contributed by atoms with Gasteiger partial charge in [-0.1, -0.05) is 12.1 Å². The fourth-order valence-electron chi connectivity index (χ4n) is 2.02. The first-order valence-electron chi connectivity index (χ1n) is 6.03. The normalized spacial score (nSPS) is 11.7. The Labute approximate surface area is 116 Å². The van der Waals surface area contributed by atoms with Crippen LogP contribution in [0.4, 0.5) is 0 Å². The van der Waals surface area contributed by atoms with E-state index in [0.29, 0.717) is 22.8 Å². The van der Waals surface area contributed by atoms with E-state index < -0.39 is 11.9 Å². The van der Waals surface area contributed by atoms with E-state index in [2.05, 4.69) is 4.98 Å². The molecule has 1 N–H and O–H groups in total. The summed E-state index contributed by atoms with van der Waals surface area (Å²) < 4.78 is 10.4. The number of pyridine rings is 1. The summed E-state index contributed by atoms with van der Waals surface area (Å²) in [6, 6.07) is 10.2. The molecule has 104 valence electrons. The third kappa shape index (κ3) is 2.71. The Kier molecular flexibility index (Phi) is 4.20. The van der Waals surface area contributed by atoms with E-state index in [1.54, 1.807) is 42.6 Å². The quantitative estimate of drug-likeness (QED) is 0.905. The molecule has 5 nitrogen and oxygen atoms in total. The maximum atomic E-state index is 11.5. The number of benzene rings is 1. The molecule has 0 bridgehead atoms. The summed E-state index contributed by atoms with van der Waals surface area (Å²) in [5.74, 6) is -0.750. The minimum Gasteiger partial charge on any atom is -0.493 e. The third-order valence-corrected chi connectivity index (χ3v) is 2.97. The van der Waals surface area contributed by atoms with Crippen molar-refractivity contribution in [3.05, 3.63) is 53.9 Å². The average Bonchev–Trinajstić information content (AvgIpc) is 2.48. The van der Waals surface area contributed by atoms with Crippen LogP contribution in [0.15, 0.2) is 42.6 Å². The fraction of sp³-hybridized carbons (Fsp3) is 0.200. The lowest BCUT2D eigenvalue weighted by Crippen LogP contribution is -2.14. The maximum absolute atomic E-state index is 11.5. The fourth-order valence-corrected chi connectivity index (χ4v) is 2.02. The second-order valence-electron chi connectivity index (χ2n) is 4.14. The highest BCUT2D eigenvalue weighted by atomic mass is 16.5. The second kappa shape index (κ2) is 6.06. The monoisotopic (exact) mass is 273 g/mol. The molecule has 2 aromatic rings. The molecule has 1 heterocycles. The Bertz CT molecular complexity index is 598. The second-order valence-corrected chi connectivity index (χ2v) is 4.14. The highest BCUT2D eigenvalue weighted by Crippen LogP contribution is 2.32. The summed E-state index contributed by atoms with van der Waals surface area (Å²) in [5.41, 5.74) is 1.07. The van der Waals surface area contributed by atoms with Gasteiger partial charge in [-0.25, -0.2) is 0 Å². The molecule has 1 unspecified atom stereocenters. The SMILES string of the molecule is COc1ccc(C(C(=O)O)c2ccccn2)cc1OC. The zero-order chi connectivity index (χ0) is 14.5. The van der Waals surface area contributed by atoms with Crippen molar-refractivity contribution in [2.24, 2.45) is 0 Å². The Balaban J connectivity index is 2.48. The van der Waals surface area contributed by atoms with Crippen LogP contribution >= 0.6 is 0 Å². The zero-order valence-electron chi connectivity index (χ0n) is 11.2. The van der Waals surface area contributed by atoms with Crippen molar-refractivity contribution in [2.45, 2.75) is 5.92 Å². The number of aliphatic carboxylic acids is 1. The van der Waals surface area contributed by atoms with Crippen LogP contribution in [-0.2, 0) is 4.79 Å². The van der Waals surface area contributed by atoms with Gasteiger partial charge in [0.05, 0.1) is 19.9 Å². The van der Waals surface area contributed by atoms with Gasteiger partial charge in [0.1, 0.15) is 5.92 Å². The van der Waals surface area contributed by atoms with E-state index >= 15 is 0 Å². The predicted molar refractivity (Wildman–Crippen MR) is 73.3 cm³/mol. The Morgan fingerprint density at radius 2 is 1.90 bits per heavy atom. The molecule has 0 aliphatic heterocycles. The van der Waals surface area contributed by atoms with E-state index in [1.807, 2.05) is 0 Å². The molecular weight excluding hydrogens is 258 g/mol. The van der Waals surface area contributed by atoms with E-state index in [-0.39, 0.29) is 0 Å². The Morgan fingerprint density at radius 3 is 2.45 bits per heavy atom. The first-order valence-corrected chi connectivity index (χ1v) is 6.03. The molecule has 5 heteroatoms. The highest BCUT2D eigenvalue weighted by Gasteiger charge is 2.24. The van der Waals surface area contributed by atoms with Crippen LogP contribution in [0.5, 0.6) is 11.5 Å². The average molecular weight is 273 g/mol. The van der Waals surface area contributed by atoms with Crippen LogP contribution in [0.3, 0.4) is 0 Å². The topological polar surface area (TPSA) is 68.7 Å². The summed E-state index contributed by atoms with van der Waals surface area (Å²) in [6.07, 6.45) is 1.58. The number of rotatable bonds is 5. The number of carbonyl (C=O) groups is 1. The maximum Gasteiger partial charge on any atom is 0.317 e. The van der Waals surface area contributed by atoms with Gasteiger partial charge in [-0.15, -0.1) is 0 Å². The van der Waals surface area contributed by atoms with E-state index in [4.69, 9.17) is 9.47 Å². The first kappa shape index (κ1) is 13.9. The van der Waals surface area contributed by atoms with Gasteiger partial charge in [0.25, 0.3) is 0 Å². The van der Waals surface area contributed by atoms with Crippen molar-refractivity contribution < 1.29 is 19.4 Å². The minimum absolute atomic E-state index is 0.479. The molecule has 0 aliphatic carbocycles. The van der Waals surface area contributed by atoms with Crippen molar-refractivity contribution in [3.8, 4) is 11.5 Å². The van der Waals surface area contributed by atoms with Crippen LogP contribution in [0, 0.1) is 0 Å². The summed E-state index contributed by atoms with van der Waals surface area (Å²) >= 11 is 0. The van der Waals surface area contributed by atoms with Gasteiger partial charge in [-0.3, -0.25) is 9.78 Å². The van der Waals surface area contributed by atoms with Gasteiger partial charge >= 0.3 is 5.97 Å². The molecule has 1 atom stereocenters. The predicted octanol–water partition coefficient (Wildman–Crippen LogP) is 2.32. The summed E-state index contributed by atoms with van der Waals surface area (Å²) in [7, 11) is 3.04. The molecule has 0 spiro atoms.